The van der Waals surface area contributed by atoms with E-state index in [1.165, 1.54) is 6.07 Å². The lowest BCUT2D eigenvalue weighted by molar-refractivity contribution is -0.00346. The number of anilines is 1. The largest absolute Gasteiger partial charge is 0.403 e. The number of hydrogen-bond acceptors (Lipinski definition) is 6. The van der Waals surface area contributed by atoms with E-state index in [9.17, 15) is 13.6 Å². The van der Waals surface area contributed by atoms with Gasteiger partial charge in [0.25, 0.3) is 5.91 Å². The molecule has 0 spiro atoms. The van der Waals surface area contributed by atoms with Gasteiger partial charge in [0.15, 0.2) is 11.7 Å². The molecule has 0 radical (unpaired) electrons. The van der Waals surface area contributed by atoms with Crippen molar-refractivity contribution in [3.8, 4) is 0 Å². The van der Waals surface area contributed by atoms with E-state index in [1.807, 2.05) is 0 Å². The zero-order valence-corrected chi connectivity index (χ0v) is 16.2. The fourth-order valence-corrected chi connectivity index (χ4v) is 2.97. The average molecular weight is 432 g/mol. The van der Waals surface area contributed by atoms with E-state index in [4.69, 9.17) is 22.1 Å². The Morgan fingerprint density at radius 2 is 1.97 bits per heavy atom. The Bertz CT molecular complexity index is 1090. The number of carbonyl (C=O) groups is 1. The molecule has 0 aliphatic carbocycles. The second-order valence-corrected chi connectivity index (χ2v) is 6.98. The van der Waals surface area contributed by atoms with Gasteiger partial charge in [0.2, 0.25) is 0 Å². The lowest BCUT2D eigenvalue weighted by atomic mass is 10.1. The Morgan fingerprint density at radius 3 is 2.60 bits per heavy atom. The minimum atomic E-state index is -0.827. The highest BCUT2D eigenvalue weighted by Crippen LogP contribution is 2.31. The molecule has 1 fully saturated rings. The molecule has 0 atom stereocenters. The lowest BCUT2D eigenvalue weighted by Crippen LogP contribution is -2.48. The summed E-state index contributed by atoms with van der Waals surface area (Å²) in [7, 11) is 0. The van der Waals surface area contributed by atoms with Crippen LogP contribution in [0.5, 0.6) is 0 Å². The lowest BCUT2D eigenvalue weighted by Gasteiger charge is -2.26. The van der Waals surface area contributed by atoms with Gasteiger partial charge in [-0.2, -0.15) is 0 Å². The van der Waals surface area contributed by atoms with E-state index in [1.54, 1.807) is 18.2 Å². The maximum absolute atomic E-state index is 14.3. The predicted molar refractivity (Wildman–Crippen MR) is 110 cm³/mol. The van der Waals surface area contributed by atoms with Gasteiger partial charge >= 0.3 is 0 Å². The van der Waals surface area contributed by atoms with Gasteiger partial charge in [-0.25, -0.2) is 18.8 Å². The number of nitrogens with two attached hydrogens (primary N) is 1. The molecule has 0 bridgehead atoms. The van der Waals surface area contributed by atoms with Crippen molar-refractivity contribution in [2.75, 3.05) is 18.5 Å². The van der Waals surface area contributed by atoms with Gasteiger partial charge in [0.05, 0.1) is 41.2 Å². The Kier molecular flexibility index (Phi) is 5.47. The molecule has 0 unspecified atom stereocenters. The summed E-state index contributed by atoms with van der Waals surface area (Å²) in [5, 5.41) is 5.77. The van der Waals surface area contributed by atoms with Crippen molar-refractivity contribution in [2.45, 2.75) is 6.04 Å². The molecule has 10 heteroatoms. The molecule has 30 heavy (non-hydrogen) atoms. The molecular weight excluding hydrogens is 416 g/mol. The maximum Gasteiger partial charge on any atom is 0.251 e. The van der Waals surface area contributed by atoms with Crippen molar-refractivity contribution >= 4 is 40.6 Å². The predicted octanol–water partition coefficient (Wildman–Crippen LogP) is 3.03. The maximum atomic E-state index is 14.3. The van der Waals surface area contributed by atoms with Crippen LogP contribution < -0.4 is 16.4 Å². The van der Waals surface area contributed by atoms with Gasteiger partial charge in [-0.15, -0.1) is 0 Å². The summed E-state index contributed by atoms with van der Waals surface area (Å²) >= 11 is 6.12. The highest BCUT2D eigenvalue weighted by atomic mass is 35.5. The van der Waals surface area contributed by atoms with E-state index >= 15 is 0 Å². The van der Waals surface area contributed by atoms with Crippen LogP contribution in [0.15, 0.2) is 57.6 Å². The van der Waals surface area contributed by atoms with Crippen LogP contribution >= 0.6 is 11.6 Å². The molecule has 0 saturated carbocycles. The van der Waals surface area contributed by atoms with Crippen molar-refractivity contribution in [1.29, 1.82) is 0 Å². The molecule has 1 amide bonds. The number of amides is 1. The summed E-state index contributed by atoms with van der Waals surface area (Å²) in [4.78, 5) is 20.9. The summed E-state index contributed by atoms with van der Waals surface area (Å²) < 4.78 is 33.7. The number of fused-ring (bicyclic) bond motifs is 1. The molecule has 2 heterocycles. The van der Waals surface area contributed by atoms with E-state index in [-0.39, 0.29) is 28.7 Å². The van der Waals surface area contributed by atoms with Crippen LogP contribution in [0.25, 0.3) is 0 Å². The number of ether oxygens (including phenoxy) is 1. The fraction of sp³-hybridized carbons (Fsp3) is 0.150. The van der Waals surface area contributed by atoms with Gasteiger partial charge < -0.3 is 21.1 Å². The van der Waals surface area contributed by atoms with Crippen LogP contribution in [0.4, 0.5) is 20.2 Å². The molecular formula is C20H16ClF2N5O2. The second-order valence-electron chi connectivity index (χ2n) is 6.57. The van der Waals surface area contributed by atoms with E-state index in [2.05, 4.69) is 20.6 Å². The molecule has 0 aromatic heterocycles. The Balaban J connectivity index is 1.78. The number of carbonyl (C=O) groups excluding carboxylic acids is 1. The Hall–Kier alpha value is -3.30. The third kappa shape index (κ3) is 3.89. The summed E-state index contributed by atoms with van der Waals surface area (Å²) in [6.45, 7) is 0.926. The Morgan fingerprint density at radius 1 is 1.23 bits per heavy atom. The van der Waals surface area contributed by atoms with Crippen molar-refractivity contribution in [3.05, 3.63) is 70.4 Å². The van der Waals surface area contributed by atoms with Gasteiger partial charge in [-0.05, 0) is 30.3 Å². The number of rotatable bonds is 4. The summed E-state index contributed by atoms with van der Waals surface area (Å²) in [5.41, 5.74) is 6.14. The smallest absolute Gasteiger partial charge is 0.251 e. The molecule has 1 saturated heterocycles. The first kappa shape index (κ1) is 20.0. The van der Waals surface area contributed by atoms with Crippen LogP contribution in [0.3, 0.4) is 0 Å². The fourth-order valence-electron chi connectivity index (χ4n) is 2.88. The normalized spacial score (nSPS) is 16.4. The van der Waals surface area contributed by atoms with Gasteiger partial charge in [-0.3, -0.25) is 4.79 Å². The molecule has 2 aromatic rings. The zero-order valence-electron chi connectivity index (χ0n) is 15.5. The van der Waals surface area contributed by atoms with Crippen LogP contribution in [0, 0.1) is 11.6 Å². The van der Waals surface area contributed by atoms with E-state index < -0.39 is 17.2 Å². The molecule has 4 N–H and O–H groups in total. The minimum absolute atomic E-state index is 0.00812. The third-order valence-corrected chi connectivity index (χ3v) is 4.79. The number of aliphatic imine (C=N–C) groups is 2. The van der Waals surface area contributed by atoms with Crippen molar-refractivity contribution in [2.24, 2.45) is 15.7 Å². The van der Waals surface area contributed by atoms with Crippen molar-refractivity contribution in [1.82, 2.24) is 5.32 Å². The van der Waals surface area contributed by atoms with Crippen molar-refractivity contribution in [3.63, 3.8) is 0 Å². The van der Waals surface area contributed by atoms with Crippen LogP contribution in [0.2, 0.25) is 0 Å². The number of nitrogens with one attached hydrogen (secondary N) is 2. The summed E-state index contributed by atoms with van der Waals surface area (Å²) in [5.74, 6) is -2.14. The Labute approximate surface area is 175 Å². The first-order valence-electron chi connectivity index (χ1n) is 8.95. The number of halogens is 3. The van der Waals surface area contributed by atoms with E-state index in [0.717, 1.165) is 18.3 Å². The minimum Gasteiger partial charge on any atom is -0.403 e. The molecule has 4 rings (SSSR count). The van der Waals surface area contributed by atoms with Gasteiger partial charge in [0, 0.05) is 11.8 Å². The molecule has 2 aliphatic rings. The second kappa shape index (κ2) is 8.21. The first-order valence-corrected chi connectivity index (χ1v) is 9.33. The summed E-state index contributed by atoms with van der Waals surface area (Å²) in [6, 6.07) is 8.06. The van der Waals surface area contributed by atoms with Crippen LogP contribution in [0.1, 0.15) is 15.9 Å². The number of nitrogens with zero attached hydrogens (tertiary/aromatic N) is 2. The highest BCUT2D eigenvalue weighted by Gasteiger charge is 2.24. The average Bonchev–Trinajstić information content (AvgIpc) is 2.88. The molecule has 2 aromatic carbocycles. The number of benzene rings is 2. The molecule has 7 nitrogen and oxygen atoms in total. The van der Waals surface area contributed by atoms with Crippen molar-refractivity contribution < 1.29 is 18.3 Å². The number of amidine groups is 2. The monoisotopic (exact) mass is 431 g/mol. The zero-order chi connectivity index (χ0) is 21.3. The standard InChI is InChI=1S/C20H16ClF2N5O2/c21-12(7-24)18-27-16-6-10(20(29)25-11-8-30-9-11)4-5-15(16)26-19(28-18)17-13(22)2-1-3-14(17)23/h1-7,11H,8-9,24H2,(H,25,29)(H,26,27,28)/b12-7+. The van der Waals surface area contributed by atoms with E-state index in [0.29, 0.717) is 30.2 Å². The van der Waals surface area contributed by atoms with Gasteiger partial charge in [0.1, 0.15) is 11.6 Å². The molecule has 154 valence electrons. The third-order valence-electron chi connectivity index (χ3n) is 4.49. The highest BCUT2D eigenvalue weighted by molar-refractivity contribution is 6.46. The summed E-state index contributed by atoms with van der Waals surface area (Å²) in [6.07, 6.45) is 1.08. The first-order chi connectivity index (χ1) is 14.5. The van der Waals surface area contributed by atoms with Crippen LogP contribution in [-0.2, 0) is 4.74 Å². The number of hydrogen-bond donors (Lipinski definition) is 3. The SMILES string of the molecule is N/C=C(/Cl)C1=NC(c2c(F)cccc2F)=Nc2ccc(C(=O)NC3COC3)cc2N1. The molecule has 2 aliphatic heterocycles. The topological polar surface area (TPSA) is 101 Å². The quantitative estimate of drug-likeness (QED) is 0.692. The van der Waals surface area contributed by atoms with Crippen LogP contribution in [-0.4, -0.2) is 36.8 Å². The van der Waals surface area contributed by atoms with Gasteiger partial charge in [-0.1, -0.05) is 17.7 Å².